The van der Waals surface area contributed by atoms with Crippen LogP contribution < -0.4 is 0 Å². The highest BCUT2D eigenvalue weighted by molar-refractivity contribution is 7.85. The molecule has 0 aromatic carbocycles. The fourth-order valence-corrected chi connectivity index (χ4v) is 3.80. The number of alkyl halides is 3. The smallest absolute Gasteiger partial charge is 0.390 e. The summed E-state index contributed by atoms with van der Waals surface area (Å²) in [6.07, 6.45) is -3.02. The maximum absolute atomic E-state index is 12.2. The minimum Gasteiger partial charge on any atom is -0.390 e. The summed E-state index contributed by atoms with van der Waals surface area (Å²) in [7, 11) is -1.78. The van der Waals surface area contributed by atoms with E-state index in [0.717, 1.165) is 5.71 Å². The summed E-state index contributed by atoms with van der Waals surface area (Å²) in [6.45, 7) is 5.66. The van der Waals surface area contributed by atoms with Crippen LogP contribution >= 0.6 is 0 Å². The molecular weight excluding hydrogens is 329 g/mol. The third kappa shape index (κ3) is 7.82. The van der Waals surface area contributed by atoms with Gasteiger partial charge in [-0.2, -0.15) is 18.4 Å². The van der Waals surface area contributed by atoms with Crippen LogP contribution in [-0.2, 0) is 15.6 Å². The SMILES string of the molecule is CC(C)(C)ON=C1CCC(C(C#N)S(=O)CCC(F)(F)F)CC1. The van der Waals surface area contributed by atoms with E-state index in [9.17, 15) is 22.6 Å². The topological polar surface area (TPSA) is 62.4 Å². The molecule has 4 nitrogen and oxygen atoms in total. The molecular formula is C15H23F3N2O2S. The Morgan fingerprint density at radius 1 is 1.35 bits per heavy atom. The summed E-state index contributed by atoms with van der Waals surface area (Å²) in [5.74, 6) is -0.658. The van der Waals surface area contributed by atoms with Gasteiger partial charge in [-0.25, -0.2) is 0 Å². The lowest BCUT2D eigenvalue weighted by molar-refractivity contribution is -0.129. The summed E-state index contributed by atoms with van der Waals surface area (Å²) in [6, 6.07) is 1.94. The molecule has 0 amide bonds. The van der Waals surface area contributed by atoms with Gasteiger partial charge < -0.3 is 4.84 Å². The Kier molecular flexibility index (Phi) is 7.05. The van der Waals surface area contributed by atoms with Crippen LogP contribution in [0.25, 0.3) is 0 Å². The number of nitriles is 1. The Morgan fingerprint density at radius 3 is 2.35 bits per heavy atom. The molecule has 0 heterocycles. The van der Waals surface area contributed by atoms with E-state index in [2.05, 4.69) is 5.16 Å². The first-order valence-corrected chi connectivity index (χ1v) is 8.97. The second-order valence-electron chi connectivity index (χ2n) is 6.70. The van der Waals surface area contributed by atoms with E-state index in [0.29, 0.717) is 25.7 Å². The fourth-order valence-electron chi connectivity index (χ4n) is 2.29. The van der Waals surface area contributed by atoms with Gasteiger partial charge in [-0.1, -0.05) is 5.16 Å². The van der Waals surface area contributed by atoms with Crippen molar-refractivity contribution in [3.05, 3.63) is 0 Å². The molecule has 1 aliphatic carbocycles. The van der Waals surface area contributed by atoms with Crippen LogP contribution in [0.4, 0.5) is 13.2 Å². The van der Waals surface area contributed by atoms with Crippen molar-refractivity contribution in [3.63, 3.8) is 0 Å². The largest absolute Gasteiger partial charge is 0.390 e. The van der Waals surface area contributed by atoms with Gasteiger partial charge in [-0.3, -0.25) is 4.21 Å². The first kappa shape index (κ1) is 19.9. The number of rotatable bonds is 5. The van der Waals surface area contributed by atoms with Gasteiger partial charge in [0, 0.05) is 16.6 Å². The molecule has 1 saturated carbocycles. The lowest BCUT2D eigenvalue weighted by atomic mass is 9.86. The van der Waals surface area contributed by atoms with Gasteiger partial charge >= 0.3 is 6.18 Å². The molecule has 2 unspecified atom stereocenters. The Bertz CT molecular complexity index is 482. The van der Waals surface area contributed by atoms with Gasteiger partial charge in [0.1, 0.15) is 10.9 Å². The fraction of sp³-hybridized carbons (Fsp3) is 0.867. The van der Waals surface area contributed by atoms with Crippen molar-refractivity contribution in [1.29, 1.82) is 5.26 Å². The van der Waals surface area contributed by atoms with E-state index in [1.165, 1.54) is 0 Å². The van der Waals surface area contributed by atoms with E-state index in [1.807, 2.05) is 26.8 Å². The second kappa shape index (κ2) is 8.13. The van der Waals surface area contributed by atoms with Gasteiger partial charge in [0.05, 0.1) is 18.2 Å². The van der Waals surface area contributed by atoms with E-state index in [1.54, 1.807) is 0 Å². The maximum Gasteiger partial charge on any atom is 0.390 e. The quantitative estimate of drug-likeness (QED) is 0.704. The molecule has 0 saturated heterocycles. The van der Waals surface area contributed by atoms with E-state index < -0.39 is 34.4 Å². The van der Waals surface area contributed by atoms with Crippen LogP contribution in [0.1, 0.15) is 52.9 Å². The Morgan fingerprint density at radius 2 is 1.91 bits per heavy atom. The van der Waals surface area contributed by atoms with Crippen LogP contribution in [0.5, 0.6) is 0 Å². The number of oxime groups is 1. The number of hydrogen-bond donors (Lipinski definition) is 0. The Labute approximate surface area is 137 Å². The van der Waals surface area contributed by atoms with E-state index in [-0.39, 0.29) is 11.5 Å². The summed E-state index contributed by atoms with van der Waals surface area (Å²) in [5.41, 5.74) is 0.506. The molecule has 1 aliphatic rings. The molecule has 1 fully saturated rings. The van der Waals surface area contributed by atoms with Crippen molar-refractivity contribution < 1.29 is 22.2 Å². The third-order valence-electron chi connectivity index (χ3n) is 3.48. The highest BCUT2D eigenvalue weighted by atomic mass is 32.2. The molecule has 0 aromatic heterocycles. The minimum atomic E-state index is -4.34. The maximum atomic E-state index is 12.2. The van der Waals surface area contributed by atoms with Crippen LogP contribution in [0, 0.1) is 17.2 Å². The molecule has 0 N–H and O–H groups in total. The summed E-state index contributed by atoms with van der Waals surface area (Å²) < 4.78 is 48.6. The van der Waals surface area contributed by atoms with Crippen molar-refractivity contribution in [3.8, 4) is 6.07 Å². The molecule has 0 spiro atoms. The summed E-state index contributed by atoms with van der Waals surface area (Å²) >= 11 is 0. The molecule has 23 heavy (non-hydrogen) atoms. The zero-order valence-electron chi connectivity index (χ0n) is 13.7. The lowest BCUT2D eigenvalue weighted by Crippen LogP contribution is -2.31. The molecule has 2 atom stereocenters. The molecule has 1 rings (SSSR count). The summed E-state index contributed by atoms with van der Waals surface area (Å²) in [5, 5.41) is 12.4. The predicted octanol–water partition coefficient (Wildman–Crippen LogP) is 3.94. The monoisotopic (exact) mass is 352 g/mol. The highest BCUT2D eigenvalue weighted by Gasteiger charge is 2.33. The van der Waals surface area contributed by atoms with Crippen LogP contribution in [-0.4, -0.2) is 32.7 Å². The van der Waals surface area contributed by atoms with E-state index >= 15 is 0 Å². The first-order chi connectivity index (χ1) is 10.5. The third-order valence-corrected chi connectivity index (χ3v) is 5.14. The van der Waals surface area contributed by atoms with Gasteiger partial charge in [0.25, 0.3) is 0 Å². The van der Waals surface area contributed by atoms with Gasteiger partial charge in [-0.15, -0.1) is 0 Å². The second-order valence-corrected chi connectivity index (χ2v) is 8.38. The Hall–Kier alpha value is -1.10. The van der Waals surface area contributed by atoms with Crippen molar-refractivity contribution in [2.75, 3.05) is 5.75 Å². The van der Waals surface area contributed by atoms with Crippen LogP contribution in [0.3, 0.4) is 0 Å². The highest BCUT2D eigenvalue weighted by Crippen LogP contribution is 2.29. The Balaban J connectivity index is 2.54. The summed E-state index contributed by atoms with van der Waals surface area (Å²) in [4.78, 5) is 5.35. The standard InChI is InChI=1S/C15H23F3N2O2S/c1-14(2,3)22-20-12-6-4-11(5-7-12)13(10-19)23(21)9-8-15(16,17)18/h11,13H,4-9H2,1-3H3. The zero-order chi connectivity index (χ0) is 17.7. The van der Waals surface area contributed by atoms with Crippen LogP contribution in [0.2, 0.25) is 0 Å². The van der Waals surface area contributed by atoms with Gasteiger partial charge in [0.15, 0.2) is 0 Å². The zero-order valence-corrected chi connectivity index (χ0v) is 14.5. The number of halogens is 3. The number of nitrogens with zero attached hydrogens (tertiary/aromatic N) is 2. The van der Waals surface area contributed by atoms with Crippen molar-refractivity contribution in [2.24, 2.45) is 11.1 Å². The lowest BCUT2D eigenvalue weighted by Gasteiger charge is -2.27. The average Bonchev–Trinajstić information content (AvgIpc) is 2.43. The molecule has 8 heteroatoms. The van der Waals surface area contributed by atoms with Gasteiger partial charge in [-0.05, 0) is 52.4 Å². The first-order valence-electron chi connectivity index (χ1n) is 7.59. The van der Waals surface area contributed by atoms with Gasteiger partial charge in [0.2, 0.25) is 0 Å². The number of hydrogen-bond acceptors (Lipinski definition) is 4. The molecule has 132 valence electrons. The normalized spacial score (nSPS) is 22.1. The predicted molar refractivity (Wildman–Crippen MR) is 83.3 cm³/mol. The van der Waals surface area contributed by atoms with Crippen molar-refractivity contribution in [2.45, 2.75) is 69.9 Å². The molecule has 0 aliphatic heterocycles. The van der Waals surface area contributed by atoms with E-state index in [4.69, 9.17) is 4.84 Å². The van der Waals surface area contributed by atoms with Crippen LogP contribution in [0.15, 0.2) is 5.16 Å². The minimum absolute atomic E-state index is 0.150. The van der Waals surface area contributed by atoms with Crippen molar-refractivity contribution >= 4 is 16.5 Å². The molecule has 0 radical (unpaired) electrons. The molecule has 0 aromatic rings. The van der Waals surface area contributed by atoms with Crippen molar-refractivity contribution in [1.82, 2.24) is 0 Å². The molecule has 0 bridgehead atoms. The average molecular weight is 352 g/mol.